The van der Waals surface area contributed by atoms with Crippen molar-refractivity contribution in [2.24, 2.45) is 7.05 Å². The molecule has 1 heterocycles. The average molecular weight is 272 g/mol. The molecule has 0 aliphatic heterocycles. The number of nitrogens with zero attached hydrogens (tertiary/aromatic N) is 3. The van der Waals surface area contributed by atoms with Crippen LogP contribution in [0.2, 0.25) is 0 Å². The lowest BCUT2D eigenvalue weighted by molar-refractivity contribution is -0.384. The second kappa shape index (κ2) is 7.70. The van der Waals surface area contributed by atoms with Crippen LogP contribution in [0.1, 0.15) is 19.0 Å². The average Bonchev–Trinajstić information content (AvgIpc) is 2.70. The lowest BCUT2D eigenvalue weighted by atomic mass is 10.3. The number of aromatic nitrogens is 2. The van der Waals surface area contributed by atoms with E-state index in [0.29, 0.717) is 44.1 Å². The molecule has 0 atom stereocenters. The molecule has 8 nitrogen and oxygen atoms in total. The van der Waals surface area contributed by atoms with E-state index >= 15 is 0 Å². The molecule has 2 N–H and O–H groups in total. The van der Waals surface area contributed by atoms with Gasteiger partial charge in [-0.3, -0.25) is 10.1 Å². The fraction of sp³-hybridized carbons (Fsp3) is 0.727. The van der Waals surface area contributed by atoms with Gasteiger partial charge in [-0.05, 0) is 12.8 Å². The summed E-state index contributed by atoms with van der Waals surface area (Å²) in [6.07, 6.45) is 1.22. The molecule has 1 rings (SSSR count). The number of ether oxygens (including phenoxy) is 1. The van der Waals surface area contributed by atoms with Gasteiger partial charge in [-0.25, -0.2) is 4.68 Å². The zero-order valence-electron chi connectivity index (χ0n) is 11.3. The summed E-state index contributed by atoms with van der Waals surface area (Å²) < 4.78 is 6.60. The highest BCUT2D eigenvalue weighted by Gasteiger charge is 2.24. The van der Waals surface area contributed by atoms with Crippen molar-refractivity contribution in [1.82, 2.24) is 9.78 Å². The molecule has 0 aliphatic rings. The summed E-state index contributed by atoms with van der Waals surface area (Å²) in [7, 11) is 1.68. The van der Waals surface area contributed by atoms with E-state index in [2.05, 4.69) is 10.4 Å². The van der Waals surface area contributed by atoms with Crippen LogP contribution >= 0.6 is 0 Å². The molecule has 0 aromatic carbocycles. The zero-order valence-corrected chi connectivity index (χ0v) is 11.3. The third-order valence-corrected chi connectivity index (χ3v) is 2.60. The SMILES string of the molecule is CCc1nn(C)c(NCCCOCCO)c1[N+](=O)[O-]. The minimum absolute atomic E-state index is 0.000487. The van der Waals surface area contributed by atoms with Crippen LogP contribution in [0.25, 0.3) is 0 Å². The highest BCUT2D eigenvalue weighted by atomic mass is 16.6. The first kappa shape index (κ1) is 15.4. The summed E-state index contributed by atoms with van der Waals surface area (Å²) in [4.78, 5) is 10.6. The number of nitro groups is 1. The van der Waals surface area contributed by atoms with E-state index in [9.17, 15) is 10.1 Å². The van der Waals surface area contributed by atoms with E-state index in [1.165, 1.54) is 4.68 Å². The summed E-state index contributed by atoms with van der Waals surface area (Å²) in [5.41, 5.74) is 0.521. The normalized spacial score (nSPS) is 10.7. The van der Waals surface area contributed by atoms with Gasteiger partial charge in [0.2, 0.25) is 5.82 Å². The van der Waals surface area contributed by atoms with Crippen LogP contribution in [0, 0.1) is 10.1 Å². The second-order valence-corrected chi connectivity index (χ2v) is 3.99. The minimum Gasteiger partial charge on any atom is -0.394 e. The van der Waals surface area contributed by atoms with Crippen molar-refractivity contribution in [3.63, 3.8) is 0 Å². The van der Waals surface area contributed by atoms with E-state index in [1.807, 2.05) is 6.92 Å². The Morgan fingerprint density at radius 2 is 2.26 bits per heavy atom. The first-order valence-electron chi connectivity index (χ1n) is 6.24. The molecule has 1 aromatic rings. The Kier molecular flexibility index (Phi) is 6.23. The van der Waals surface area contributed by atoms with Gasteiger partial charge in [0.1, 0.15) is 5.69 Å². The highest BCUT2D eigenvalue weighted by molar-refractivity contribution is 5.59. The lowest BCUT2D eigenvalue weighted by Crippen LogP contribution is -2.11. The van der Waals surface area contributed by atoms with Gasteiger partial charge in [-0.15, -0.1) is 0 Å². The monoisotopic (exact) mass is 272 g/mol. The molecule has 0 bridgehead atoms. The molecule has 108 valence electrons. The lowest BCUT2D eigenvalue weighted by Gasteiger charge is -2.06. The number of hydrogen-bond acceptors (Lipinski definition) is 6. The first-order valence-corrected chi connectivity index (χ1v) is 6.24. The summed E-state index contributed by atoms with van der Waals surface area (Å²) >= 11 is 0. The standard InChI is InChI=1S/C11H20N4O4/c1-3-9-10(15(17)18)11(14(2)13-9)12-5-4-7-19-8-6-16/h12,16H,3-8H2,1-2H3. The summed E-state index contributed by atoms with van der Waals surface area (Å²) in [6, 6.07) is 0. The van der Waals surface area contributed by atoms with E-state index < -0.39 is 4.92 Å². The van der Waals surface area contributed by atoms with Gasteiger partial charge >= 0.3 is 5.69 Å². The van der Waals surface area contributed by atoms with Crippen LogP contribution in [0.5, 0.6) is 0 Å². The molecule has 0 amide bonds. The maximum Gasteiger partial charge on any atom is 0.333 e. The fourth-order valence-electron chi connectivity index (χ4n) is 1.74. The van der Waals surface area contributed by atoms with Gasteiger partial charge in [-0.1, -0.05) is 6.92 Å². The van der Waals surface area contributed by atoms with Crippen LogP contribution in [-0.4, -0.2) is 46.2 Å². The molecule has 0 saturated carbocycles. The molecule has 1 aromatic heterocycles. The van der Waals surface area contributed by atoms with Crippen molar-refractivity contribution in [3.8, 4) is 0 Å². The van der Waals surface area contributed by atoms with Crippen molar-refractivity contribution in [2.75, 3.05) is 31.7 Å². The molecular weight excluding hydrogens is 252 g/mol. The summed E-state index contributed by atoms with van der Waals surface area (Å²) in [5, 5.41) is 26.7. The Bertz CT molecular complexity index is 419. The van der Waals surface area contributed by atoms with Crippen molar-refractivity contribution in [2.45, 2.75) is 19.8 Å². The fourth-order valence-corrected chi connectivity index (χ4v) is 1.74. The van der Waals surface area contributed by atoms with Gasteiger partial charge in [0, 0.05) is 20.2 Å². The molecule has 0 unspecified atom stereocenters. The topological polar surface area (TPSA) is 102 Å². The smallest absolute Gasteiger partial charge is 0.333 e. The number of anilines is 1. The van der Waals surface area contributed by atoms with E-state index in [4.69, 9.17) is 9.84 Å². The second-order valence-electron chi connectivity index (χ2n) is 3.99. The minimum atomic E-state index is -0.406. The third kappa shape index (κ3) is 4.18. The van der Waals surface area contributed by atoms with Crippen molar-refractivity contribution >= 4 is 11.5 Å². The zero-order chi connectivity index (χ0) is 14.3. The van der Waals surface area contributed by atoms with Crippen LogP contribution < -0.4 is 5.32 Å². The maximum absolute atomic E-state index is 11.0. The molecule has 0 spiro atoms. The van der Waals surface area contributed by atoms with Gasteiger partial charge < -0.3 is 15.2 Å². The number of hydrogen-bond donors (Lipinski definition) is 2. The largest absolute Gasteiger partial charge is 0.394 e. The predicted molar refractivity (Wildman–Crippen MR) is 70.3 cm³/mol. The first-order chi connectivity index (χ1) is 9.11. The van der Waals surface area contributed by atoms with Crippen molar-refractivity contribution < 1.29 is 14.8 Å². The third-order valence-electron chi connectivity index (χ3n) is 2.60. The molecule has 0 fully saturated rings. The van der Waals surface area contributed by atoms with Gasteiger partial charge in [-0.2, -0.15) is 5.10 Å². The Morgan fingerprint density at radius 3 is 2.84 bits per heavy atom. The van der Waals surface area contributed by atoms with Gasteiger partial charge in [0.15, 0.2) is 0 Å². The molecule has 8 heteroatoms. The Balaban J connectivity index is 2.57. The number of nitrogens with one attached hydrogen (secondary N) is 1. The summed E-state index contributed by atoms with van der Waals surface area (Å²) in [6.45, 7) is 3.20. The van der Waals surface area contributed by atoms with Crippen LogP contribution in [0.3, 0.4) is 0 Å². The van der Waals surface area contributed by atoms with Crippen LogP contribution in [0.15, 0.2) is 0 Å². The molecular formula is C11H20N4O4. The number of rotatable bonds is 9. The number of aliphatic hydroxyl groups excluding tert-OH is 1. The maximum atomic E-state index is 11.0. The molecule has 19 heavy (non-hydrogen) atoms. The van der Waals surface area contributed by atoms with Crippen molar-refractivity contribution in [1.29, 1.82) is 0 Å². The number of aryl methyl sites for hydroxylation is 2. The van der Waals surface area contributed by atoms with Crippen LogP contribution in [-0.2, 0) is 18.2 Å². The molecule has 0 radical (unpaired) electrons. The summed E-state index contributed by atoms with van der Waals surface area (Å²) in [5.74, 6) is 0.420. The van der Waals surface area contributed by atoms with Crippen LogP contribution in [0.4, 0.5) is 11.5 Å². The van der Waals surface area contributed by atoms with Gasteiger partial charge in [0.05, 0.1) is 18.1 Å². The Morgan fingerprint density at radius 1 is 1.53 bits per heavy atom. The highest BCUT2D eigenvalue weighted by Crippen LogP contribution is 2.28. The van der Waals surface area contributed by atoms with E-state index in [-0.39, 0.29) is 12.3 Å². The molecule has 0 saturated heterocycles. The van der Waals surface area contributed by atoms with E-state index in [1.54, 1.807) is 7.05 Å². The Hall–Kier alpha value is -1.67. The molecule has 0 aliphatic carbocycles. The van der Waals surface area contributed by atoms with Crippen molar-refractivity contribution in [3.05, 3.63) is 15.8 Å². The van der Waals surface area contributed by atoms with E-state index in [0.717, 1.165) is 0 Å². The van der Waals surface area contributed by atoms with Gasteiger partial charge in [0.25, 0.3) is 0 Å². The number of aliphatic hydroxyl groups is 1. The predicted octanol–water partition coefficient (Wildman–Crippen LogP) is 0.702. The Labute approximate surface area is 111 Å². The quantitative estimate of drug-likeness (QED) is 0.390.